The van der Waals surface area contributed by atoms with E-state index in [4.69, 9.17) is 18.9 Å². The molecule has 0 saturated carbocycles. The molecule has 0 bridgehead atoms. The van der Waals surface area contributed by atoms with Gasteiger partial charge >= 0.3 is 0 Å². The maximum Gasteiger partial charge on any atom is 0.119 e. The molecule has 144 valence electrons. The van der Waals surface area contributed by atoms with Crippen molar-refractivity contribution in [3.05, 3.63) is 30.3 Å². The van der Waals surface area contributed by atoms with Gasteiger partial charge in [-0.05, 0) is 19.2 Å². The van der Waals surface area contributed by atoms with E-state index < -0.39 is 0 Å². The van der Waals surface area contributed by atoms with Gasteiger partial charge in [0.2, 0.25) is 0 Å². The van der Waals surface area contributed by atoms with Crippen molar-refractivity contribution in [1.29, 1.82) is 0 Å². The van der Waals surface area contributed by atoms with Crippen LogP contribution in [0.4, 0.5) is 0 Å². The summed E-state index contributed by atoms with van der Waals surface area (Å²) in [6, 6.07) is 9.79. The summed E-state index contributed by atoms with van der Waals surface area (Å²) in [7, 11) is 2.11. The summed E-state index contributed by atoms with van der Waals surface area (Å²) in [5.41, 5.74) is 0. The molecule has 0 radical (unpaired) electrons. The number of hydrogen-bond acceptors (Lipinski definition) is 5. The van der Waals surface area contributed by atoms with Gasteiger partial charge in [-0.1, -0.05) is 45.9 Å². The Balaban J connectivity index is 0.000000210. The lowest BCUT2D eigenvalue weighted by Gasteiger charge is -2.12. The van der Waals surface area contributed by atoms with Gasteiger partial charge in [-0.2, -0.15) is 0 Å². The number of benzene rings is 1. The van der Waals surface area contributed by atoms with Crippen LogP contribution >= 0.6 is 0 Å². The lowest BCUT2D eigenvalue weighted by Crippen LogP contribution is -2.27. The monoisotopic (exact) mass is 353 g/mol. The number of para-hydroxylation sites is 1. The Morgan fingerprint density at radius 2 is 1.28 bits per heavy atom. The fourth-order valence-electron chi connectivity index (χ4n) is 1.99. The minimum absolute atomic E-state index is 0.343. The molecule has 3 atom stereocenters. The molecule has 3 saturated heterocycles. The van der Waals surface area contributed by atoms with Crippen LogP contribution in [-0.4, -0.2) is 69.8 Å². The van der Waals surface area contributed by atoms with Crippen molar-refractivity contribution in [2.45, 2.75) is 46.0 Å². The van der Waals surface area contributed by atoms with E-state index >= 15 is 0 Å². The number of likely N-dealkylation sites (N-methyl/N-ethyl adjacent to an activating group) is 1. The fraction of sp³-hybridized carbons (Fsp3) is 0.700. The fourth-order valence-corrected chi connectivity index (χ4v) is 1.99. The smallest absolute Gasteiger partial charge is 0.119 e. The van der Waals surface area contributed by atoms with Crippen LogP contribution in [0.2, 0.25) is 0 Å². The Morgan fingerprint density at radius 3 is 1.68 bits per heavy atom. The predicted molar refractivity (Wildman–Crippen MR) is 101 cm³/mol. The van der Waals surface area contributed by atoms with Crippen molar-refractivity contribution < 1.29 is 18.9 Å². The third-order valence-electron chi connectivity index (χ3n) is 3.42. The molecular weight excluding hydrogens is 318 g/mol. The quantitative estimate of drug-likeness (QED) is 0.705. The zero-order valence-electron chi connectivity index (χ0n) is 16.4. The summed E-state index contributed by atoms with van der Waals surface area (Å²) in [4.78, 5) is 2.27. The summed E-state index contributed by atoms with van der Waals surface area (Å²) < 4.78 is 20.6. The number of rotatable bonds is 7. The summed E-state index contributed by atoms with van der Waals surface area (Å²) in [5, 5.41) is 0. The maximum atomic E-state index is 5.40. The van der Waals surface area contributed by atoms with Gasteiger partial charge in [0.05, 0.1) is 32.0 Å². The van der Waals surface area contributed by atoms with E-state index in [9.17, 15) is 0 Å². The molecule has 0 amide bonds. The van der Waals surface area contributed by atoms with Crippen molar-refractivity contribution in [1.82, 2.24) is 4.90 Å². The molecule has 3 fully saturated rings. The molecule has 0 aromatic heterocycles. The van der Waals surface area contributed by atoms with Crippen molar-refractivity contribution in [3.8, 4) is 5.75 Å². The highest BCUT2D eigenvalue weighted by Gasteiger charge is 2.28. The standard InChI is InChI=1S/C9H10O2.C7H13NO2.2C2H6/c1-2-4-8(5-3-1)10-6-9-7-11-9;1-8(2-6-4-9-6)3-7-5-10-7;2*1-2/h1-5,9H,6-7H2;6-7H,2-5H2,1H3;2*1-2H3. The van der Waals surface area contributed by atoms with Gasteiger partial charge in [-0.15, -0.1) is 0 Å². The Kier molecular flexibility index (Phi) is 11.5. The second-order valence-electron chi connectivity index (χ2n) is 5.71. The molecule has 3 unspecified atom stereocenters. The number of nitrogens with zero attached hydrogens (tertiary/aromatic N) is 1. The van der Waals surface area contributed by atoms with Crippen LogP contribution in [0.15, 0.2) is 30.3 Å². The van der Waals surface area contributed by atoms with Crippen LogP contribution in [-0.2, 0) is 14.2 Å². The second-order valence-corrected chi connectivity index (χ2v) is 5.71. The van der Waals surface area contributed by atoms with E-state index in [2.05, 4.69) is 11.9 Å². The molecule has 25 heavy (non-hydrogen) atoms. The molecule has 5 nitrogen and oxygen atoms in total. The first-order valence-corrected chi connectivity index (χ1v) is 9.51. The van der Waals surface area contributed by atoms with Gasteiger partial charge in [-0.25, -0.2) is 0 Å². The number of epoxide rings is 3. The normalized spacial score (nSPS) is 24.5. The SMILES string of the molecule is CC.CC.CN(CC1CO1)CC1CO1.c1ccc(OCC2CO2)cc1. The van der Waals surface area contributed by atoms with Crippen LogP contribution < -0.4 is 4.74 Å². The maximum absolute atomic E-state index is 5.40. The van der Waals surface area contributed by atoms with Gasteiger partial charge in [0, 0.05) is 13.1 Å². The van der Waals surface area contributed by atoms with Crippen molar-refractivity contribution in [2.75, 3.05) is 46.6 Å². The van der Waals surface area contributed by atoms with Crippen LogP contribution in [0.1, 0.15) is 27.7 Å². The first kappa shape index (κ1) is 21.9. The van der Waals surface area contributed by atoms with E-state index in [-0.39, 0.29) is 0 Å². The van der Waals surface area contributed by atoms with Crippen LogP contribution in [0.5, 0.6) is 5.75 Å². The molecule has 4 rings (SSSR count). The van der Waals surface area contributed by atoms with Crippen LogP contribution in [0.25, 0.3) is 0 Å². The highest BCUT2D eigenvalue weighted by Crippen LogP contribution is 2.14. The molecular formula is C20H35NO4. The largest absolute Gasteiger partial charge is 0.491 e. The van der Waals surface area contributed by atoms with E-state index in [0.717, 1.165) is 38.7 Å². The van der Waals surface area contributed by atoms with E-state index in [1.165, 1.54) is 0 Å². The van der Waals surface area contributed by atoms with Gasteiger partial charge in [-0.3, -0.25) is 0 Å². The van der Waals surface area contributed by atoms with Crippen LogP contribution in [0, 0.1) is 0 Å². The predicted octanol–water partition coefficient (Wildman–Crippen LogP) is 3.23. The zero-order valence-corrected chi connectivity index (χ0v) is 16.4. The van der Waals surface area contributed by atoms with E-state index in [1.54, 1.807) is 0 Å². The third-order valence-corrected chi connectivity index (χ3v) is 3.42. The average Bonchev–Trinajstić information content (AvgIpc) is 3.49. The van der Waals surface area contributed by atoms with Crippen molar-refractivity contribution in [3.63, 3.8) is 0 Å². The molecule has 3 aliphatic rings. The lowest BCUT2D eigenvalue weighted by molar-refractivity contribution is 0.256. The minimum atomic E-state index is 0.343. The molecule has 3 aliphatic heterocycles. The summed E-state index contributed by atoms with van der Waals surface area (Å²) >= 11 is 0. The summed E-state index contributed by atoms with van der Waals surface area (Å²) in [6.45, 7) is 13.6. The molecule has 0 aliphatic carbocycles. The van der Waals surface area contributed by atoms with E-state index in [0.29, 0.717) is 24.9 Å². The molecule has 0 spiro atoms. The highest BCUT2D eigenvalue weighted by atomic mass is 16.6. The summed E-state index contributed by atoms with van der Waals surface area (Å²) in [5.74, 6) is 0.919. The van der Waals surface area contributed by atoms with Gasteiger partial charge < -0.3 is 23.8 Å². The Hall–Kier alpha value is -1.14. The number of hydrogen-bond donors (Lipinski definition) is 0. The van der Waals surface area contributed by atoms with Gasteiger partial charge in [0.15, 0.2) is 0 Å². The first-order valence-electron chi connectivity index (χ1n) is 9.51. The lowest BCUT2D eigenvalue weighted by atomic mass is 10.3. The second kappa shape index (κ2) is 13.1. The minimum Gasteiger partial charge on any atom is -0.491 e. The highest BCUT2D eigenvalue weighted by molar-refractivity contribution is 5.20. The Morgan fingerprint density at radius 1 is 0.840 bits per heavy atom. The zero-order chi connectivity index (χ0) is 18.5. The van der Waals surface area contributed by atoms with Crippen LogP contribution in [0.3, 0.4) is 0 Å². The van der Waals surface area contributed by atoms with Gasteiger partial charge in [0.1, 0.15) is 18.5 Å². The molecule has 1 aromatic carbocycles. The molecule has 5 heteroatoms. The summed E-state index contributed by atoms with van der Waals surface area (Å²) in [6.07, 6.45) is 1.38. The number of ether oxygens (including phenoxy) is 4. The third kappa shape index (κ3) is 11.9. The molecule has 1 aromatic rings. The Bertz CT molecular complexity index is 403. The molecule has 0 N–H and O–H groups in total. The molecule has 3 heterocycles. The average molecular weight is 354 g/mol. The first-order chi connectivity index (χ1) is 12.3. The van der Waals surface area contributed by atoms with E-state index in [1.807, 2.05) is 58.0 Å². The topological polar surface area (TPSA) is 50.1 Å². The van der Waals surface area contributed by atoms with Crippen molar-refractivity contribution >= 4 is 0 Å². The van der Waals surface area contributed by atoms with Gasteiger partial charge in [0.25, 0.3) is 0 Å². The van der Waals surface area contributed by atoms with Crippen molar-refractivity contribution in [2.24, 2.45) is 0 Å². The Labute approximate surface area is 153 Å².